The van der Waals surface area contributed by atoms with Crippen molar-refractivity contribution in [1.29, 1.82) is 0 Å². The molecule has 0 aliphatic carbocycles. The Balaban J connectivity index is 1.43. The number of hydrogen-bond donors (Lipinski definition) is 2. The summed E-state index contributed by atoms with van der Waals surface area (Å²) in [5, 5.41) is 6.43. The molecule has 1 aliphatic rings. The molecule has 1 aliphatic heterocycles. The van der Waals surface area contributed by atoms with E-state index in [2.05, 4.69) is 10.6 Å². The summed E-state index contributed by atoms with van der Waals surface area (Å²) in [6.07, 6.45) is 2.57. The Morgan fingerprint density at radius 1 is 1.03 bits per heavy atom. The van der Waals surface area contributed by atoms with Crippen LogP contribution in [-0.2, 0) is 11.2 Å². The lowest BCUT2D eigenvalue weighted by molar-refractivity contribution is -0.112. The number of rotatable bonds is 5. The fraction of sp³-hybridized carbons (Fsp3) is 0.0833. The highest BCUT2D eigenvalue weighted by Crippen LogP contribution is 2.39. The summed E-state index contributed by atoms with van der Waals surface area (Å²) in [4.78, 5) is 26.5. The van der Waals surface area contributed by atoms with Gasteiger partial charge in [0.25, 0.3) is 11.8 Å². The molecular weight excluding hydrogens is 416 g/mol. The van der Waals surface area contributed by atoms with Crippen LogP contribution in [0.5, 0.6) is 0 Å². The molecule has 2 N–H and O–H groups in total. The molecule has 4 nitrogen and oxygen atoms in total. The second-order valence-corrected chi connectivity index (χ2v) is 8.34. The van der Waals surface area contributed by atoms with Crippen molar-refractivity contribution >= 4 is 46.9 Å². The van der Waals surface area contributed by atoms with E-state index in [9.17, 15) is 9.59 Å². The van der Waals surface area contributed by atoms with Crippen LogP contribution in [0.2, 0.25) is 5.02 Å². The largest absolute Gasteiger partial charge is 0.352 e. The third kappa shape index (κ3) is 4.93. The van der Waals surface area contributed by atoms with Gasteiger partial charge in [-0.25, -0.2) is 0 Å². The van der Waals surface area contributed by atoms with E-state index < -0.39 is 0 Å². The Kier molecular flexibility index (Phi) is 6.21. The SMILES string of the molecule is O=C1Nc2cc(C(=O)NCCc3ccccc3)ccc2S/C1=C/c1cccc(Cl)c1. The van der Waals surface area contributed by atoms with Crippen LogP contribution in [0.1, 0.15) is 21.5 Å². The van der Waals surface area contributed by atoms with Gasteiger partial charge in [0.05, 0.1) is 10.6 Å². The molecule has 150 valence electrons. The second-order valence-electron chi connectivity index (χ2n) is 6.82. The molecule has 0 spiro atoms. The molecule has 3 aromatic rings. The molecule has 0 radical (unpaired) electrons. The van der Waals surface area contributed by atoms with Crippen molar-refractivity contribution in [2.45, 2.75) is 11.3 Å². The summed E-state index contributed by atoms with van der Waals surface area (Å²) < 4.78 is 0. The predicted octanol–water partition coefficient (Wildman–Crippen LogP) is 5.40. The van der Waals surface area contributed by atoms with E-state index in [1.165, 1.54) is 17.3 Å². The Morgan fingerprint density at radius 2 is 1.87 bits per heavy atom. The van der Waals surface area contributed by atoms with Gasteiger partial charge in [0.15, 0.2) is 0 Å². The van der Waals surface area contributed by atoms with E-state index in [0.29, 0.717) is 27.7 Å². The summed E-state index contributed by atoms with van der Waals surface area (Å²) >= 11 is 7.40. The highest BCUT2D eigenvalue weighted by molar-refractivity contribution is 8.04. The predicted molar refractivity (Wildman–Crippen MR) is 123 cm³/mol. The highest BCUT2D eigenvalue weighted by atomic mass is 35.5. The van der Waals surface area contributed by atoms with Crippen molar-refractivity contribution in [3.05, 3.63) is 99.4 Å². The molecule has 1 heterocycles. The molecule has 0 saturated heterocycles. The van der Waals surface area contributed by atoms with Crippen LogP contribution in [0.25, 0.3) is 6.08 Å². The van der Waals surface area contributed by atoms with Crippen LogP contribution >= 0.6 is 23.4 Å². The first kappa shape index (κ1) is 20.3. The van der Waals surface area contributed by atoms with E-state index in [0.717, 1.165) is 16.9 Å². The standard InChI is InChI=1S/C24H19ClN2O2S/c25-19-8-4-7-17(13-19)14-22-24(29)27-20-15-18(9-10-21(20)30-22)23(28)26-12-11-16-5-2-1-3-6-16/h1-10,13-15H,11-12H2,(H,26,28)(H,27,29)/b22-14+. The van der Waals surface area contributed by atoms with Crippen molar-refractivity contribution in [2.75, 3.05) is 11.9 Å². The fourth-order valence-corrected chi connectivity index (χ4v) is 4.25. The summed E-state index contributed by atoms with van der Waals surface area (Å²) in [6, 6.07) is 22.7. The van der Waals surface area contributed by atoms with E-state index in [1.54, 1.807) is 30.3 Å². The maximum Gasteiger partial charge on any atom is 0.262 e. The molecule has 0 aromatic heterocycles. The van der Waals surface area contributed by atoms with Crippen LogP contribution in [0, 0.1) is 0 Å². The molecule has 0 unspecified atom stereocenters. The van der Waals surface area contributed by atoms with Gasteiger partial charge >= 0.3 is 0 Å². The van der Waals surface area contributed by atoms with E-state index >= 15 is 0 Å². The molecule has 6 heteroatoms. The lowest BCUT2D eigenvalue weighted by atomic mass is 10.1. The summed E-state index contributed by atoms with van der Waals surface area (Å²) in [6.45, 7) is 0.549. The average Bonchev–Trinajstić information content (AvgIpc) is 2.75. The average molecular weight is 435 g/mol. The Labute approximate surface area is 184 Å². The van der Waals surface area contributed by atoms with Crippen molar-refractivity contribution < 1.29 is 9.59 Å². The van der Waals surface area contributed by atoms with Crippen molar-refractivity contribution in [1.82, 2.24) is 5.32 Å². The Hall–Kier alpha value is -3.02. The summed E-state index contributed by atoms with van der Waals surface area (Å²) in [5.41, 5.74) is 3.19. The summed E-state index contributed by atoms with van der Waals surface area (Å²) in [5.74, 6) is -0.359. The Morgan fingerprint density at radius 3 is 2.67 bits per heavy atom. The minimum absolute atomic E-state index is 0.159. The minimum Gasteiger partial charge on any atom is -0.352 e. The van der Waals surface area contributed by atoms with Gasteiger partial charge in [0.2, 0.25) is 0 Å². The lowest BCUT2D eigenvalue weighted by Crippen LogP contribution is -2.26. The van der Waals surface area contributed by atoms with Gasteiger partial charge in [0.1, 0.15) is 0 Å². The zero-order valence-corrected chi connectivity index (χ0v) is 17.6. The molecule has 4 rings (SSSR count). The zero-order valence-electron chi connectivity index (χ0n) is 16.0. The molecule has 3 aromatic carbocycles. The van der Waals surface area contributed by atoms with Gasteiger partial charge in [0, 0.05) is 22.0 Å². The van der Waals surface area contributed by atoms with Gasteiger partial charge in [-0.15, -0.1) is 0 Å². The number of anilines is 1. The fourth-order valence-electron chi connectivity index (χ4n) is 3.12. The number of carbonyl (C=O) groups is 2. The van der Waals surface area contributed by atoms with Gasteiger partial charge in [-0.1, -0.05) is 65.8 Å². The van der Waals surface area contributed by atoms with Crippen LogP contribution in [-0.4, -0.2) is 18.4 Å². The van der Waals surface area contributed by atoms with E-state index in [1.807, 2.05) is 48.5 Å². The molecule has 0 bridgehead atoms. The van der Waals surface area contributed by atoms with Crippen LogP contribution in [0.3, 0.4) is 0 Å². The highest BCUT2D eigenvalue weighted by Gasteiger charge is 2.22. The molecule has 30 heavy (non-hydrogen) atoms. The van der Waals surface area contributed by atoms with Crippen LogP contribution < -0.4 is 10.6 Å². The monoisotopic (exact) mass is 434 g/mol. The summed E-state index contributed by atoms with van der Waals surface area (Å²) in [7, 11) is 0. The number of nitrogens with one attached hydrogen (secondary N) is 2. The molecular formula is C24H19ClN2O2S. The van der Waals surface area contributed by atoms with Crippen molar-refractivity contribution in [3.63, 3.8) is 0 Å². The first-order chi connectivity index (χ1) is 14.6. The number of carbonyl (C=O) groups excluding carboxylic acids is 2. The van der Waals surface area contributed by atoms with Gasteiger partial charge in [-0.05, 0) is 54.0 Å². The maximum atomic E-state index is 12.5. The lowest BCUT2D eigenvalue weighted by Gasteiger charge is -2.19. The Bertz CT molecular complexity index is 1130. The molecule has 2 amide bonds. The molecule has 0 fully saturated rings. The van der Waals surface area contributed by atoms with Crippen molar-refractivity contribution in [2.24, 2.45) is 0 Å². The van der Waals surface area contributed by atoms with Gasteiger partial charge in [-0.3, -0.25) is 9.59 Å². The molecule has 0 saturated carbocycles. The quantitative estimate of drug-likeness (QED) is 0.529. The second kappa shape index (κ2) is 9.20. The number of fused-ring (bicyclic) bond motifs is 1. The topological polar surface area (TPSA) is 58.2 Å². The normalized spacial score (nSPS) is 14.2. The van der Waals surface area contributed by atoms with E-state index in [4.69, 9.17) is 11.6 Å². The number of benzene rings is 3. The van der Waals surface area contributed by atoms with Crippen LogP contribution in [0.4, 0.5) is 5.69 Å². The third-order valence-electron chi connectivity index (χ3n) is 4.62. The smallest absolute Gasteiger partial charge is 0.262 e. The first-order valence-corrected chi connectivity index (χ1v) is 10.7. The van der Waals surface area contributed by atoms with Gasteiger partial charge in [-0.2, -0.15) is 0 Å². The maximum absolute atomic E-state index is 12.5. The van der Waals surface area contributed by atoms with Crippen molar-refractivity contribution in [3.8, 4) is 0 Å². The number of hydrogen-bond acceptors (Lipinski definition) is 3. The zero-order chi connectivity index (χ0) is 20.9. The number of thioether (sulfide) groups is 1. The van der Waals surface area contributed by atoms with Gasteiger partial charge < -0.3 is 10.6 Å². The van der Waals surface area contributed by atoms with E-state index in [-0.39, 0.29) is 11.8 Å². The number of amides is 2. The number of halogens is 1. The third-order valence-corrected chi connectivity index (χ3v) is 5.96. The minimum atomic E-state index is -0.200. The first-order valence-electron chi connectivity index (χ1n) is 9.51. The van der Waals surface area contributed by atoms with Crippen LogP contribution in [0.15, 0.2) is 82.6 Å². The molecule has 0 atom stereocenters.